The van der Waals surface area contributed by atoms with E-state index in [-0.39, 0.29) is 30.1 Å². The third-order valence-corrected chi connectivity index (χ3v) is 9.57. The van der Waals surface area contributed by atoms with Crippen LogP contribution < -0.4 is 10.1 Å². The molecule has 0 aliphatic carbocycles. The van der Waals surface area contributed by atoms with Crippen LogP contribution >= 0.6 is 11.6 Å². The molecule has 0 radical (unpaired) electrons. The molecular weight excluding hydrogens is 630 g/mol. The van der Waals surface area contributed by atoms with E-state index in [9.17, 15) is 18.0 Å². The molecule has 1 N–H and O–H groups in total. The SMILES string of the molecule is CC(C)OCCCNC(=O)[C@@H](Cc1ccccc1)N(Cc1ccc(Cl)cc1)C(=O)COc1ccc(S(=O)(=O)N2CCOCC2)cc1. The molecule has 248 valence electrons. The van der Waals surface area contributed by atoms with Gasteiger partial charge in [-0.1, -0.05) is 54.1 Å². The first kappa shape index (κ1) is 35.4. The summed E-state index contributed by atoms with van der Waals surface area (Å²) in [7, 11) is -3.67. The summed E-state index contributed by atoms with van der Waals surface area (Å²) in [6, 6.07) is 21.8. The van der Waals surface area contributed by atoms with Crippen molar-refractivity contribution in [3.8, 4) is 5.75 Å². The molecule has 0 unspecified atom stereocenters. The predicted octanol–water partition coefficient (Wildman–Crippen LogP) is 4.31. The molecule has 1 atom stereocenters. The van der Waals surface area contributed by atoms with Crippen molar-refractivity contribution in [2.45, 2.75) is 50.3 Å². The molecule has 3 aromatic rings. The minimum atomic E-state index is -3.67. The Morgan fingerprint density at radius 1 is 0.957 bits per heavy atom. The fraction of sp³-hybridized carbons (Fsp3) is 0.412. The topological polar surface area (TPSA) is 114 Å². The minimum Gasteiger partial charge on any atom is -0.484 e. The molecule has 0 saturated carbocycles. The van der Waals surface area contributed by atoms with E-state index in [1.807, 2.05) is 56.3 Å². The fourth-order valence-corrected chi connectivity index (χ4v) is 6.47. The molecule has 0 bridgehead atoms. The van der Waals surface area contributed by atoms with Gasteiger partial charge in [-0.15, -0.1) is 0 Å². The van der Waals surface area contributed by atoms with E-state index >= 15 is 0 Å². The second-order valence-electron chi connectivity index (χ2n) is 11.2. The number of ether oxygens (including phenoxy) is 3. The first-order valence-corrected chi connectivity index (χ1v) is 17.2. The Balaban J connectivity index is 1.51. The van der Waals surface area contributed by atoms with Crippen molar-refractivity contribution >= 4 is 33.4 Å². The number of benzene rings is 3. The maximum atomic E-state index is 13.9. The second-order valence-corrected chi connectivity index (χ2v) is 13.6. The molecular formula is C34H42ClN3O7S. The summed E-state index contributed by atoms with van der Waals surface area (Å²) in [6.45, 7) is 5.91. The highest BCUT2D eigenvalue weighted by molar-refractivity contribution is 7.89. The normalized spacial score (nSPS) is 14.5. The van der Waals surface area contributed by atoms with Crippen LogP contribution in [0.5, 0.6) is 5.75 Å². The maximum Gasteiger partial charge on any atom is 0.261 e. The Morgan fingerprint density at radius 2 is 1.63 bits per heavy atom. The number of carbonyl (C=O) groups is 2. The summed E-state index contributed by atoms with van der Waals surface area (Å²) in [5.41, 5.74) is 1.70. The quantitative estimate of drug-likeness (QED) is 0.226. The van der Waals surface area contributed by atoms with Gasteiger partial charge in [0, 0.05) is 44.2 Å². The number of carbonyl (C=O) groups excluding carboxylic acids is 2. The van der Waals surface area contributed by atoms with Gasteiger partial charge in [0.2, 0.25) is 15.9 Å². The van der Waals surface area contributed by atoms with Gasteiger partial charge in [0.25, 0.3) is 5.91 Å². The molecule has 46 heavy (non-hydrogen) atoms. The van der Waals surface area contributed by atoms with Gasteiger partial charge in [0.1, 0.15) is 11.8 Å². The number of halogens is 1. The van der Waals surface area contributed by atoms with E-state index in [0.717, 1.165) is 11.1 Å². The minimum absolute atomic E-state index is 0.0967. The van der Waals surface area contributed by atoms with Crippen LogP contribution in [-0.2, 0) is 42.1 Å². The molecule has 1 aliphatic rings. The largest absolute Gasteiger partial charge is 0.484 e. The van der Waals surface area contributed by atoms with Crippen LogP contribution in [0, 0.1) is 0 Å². The summed E-state index contributed by atoms with van der Waals surface area (Å²) in [4.78, 5) is 29.2. The van der Waals surface area contributed by atoms with Crippen LogP contribution in [0.1, 0.15) is 31.4 Å². The maximum absolute atomic E-state index is 13.9. The average molecular weight is 672 g/mol. The van der Waals surface area contributed by atoms with Crippen LogP contribution in [0.4, 0.5) is 0 Å². The lowest BCUT2D eigenvalue weighted by Gasteiger charge is -2.31. The van der Waals surface area contributed by atoms with Crippen LogP contribution in [0.2, 0.25) is 5.02 Å². The van der Waals surface area contributed by atoms with E-state index in [4.69, 9.17) is 25.8 Å². The van der Waals surface area contributed by atoms with E-state index in [1.54, 1.807) is 12.1 Å². The van der Waals surface area contributed by atoms with Crippen molar-refractivity contribution in [2.24, 2.45) is 0 Å². The lowest BCUT2D eigenvalue weighted by Crippen LogP contribution is -2.52. The highest BCUT2D eigenvalue weighted by Gasteiger charge is 2.31. The zero-order valence-corrected chi connectivity index (χ0v) is 27.8. The number of hydrogen-bond acceptors (Lipinski definition) is 7. The smallest absolute Gasteiger partial charge is 0.261 e. The standard InChI is InChI=1S/C34H42ClN3O7S/c1-26(2)44-20-6-17-36-34(40)32(23-27-7-4-3-5-8-27)38(24-28-9-11-29(35)12-10-28)33(39)25-45-30-13-15-31(16-14-30)46(41,42)37-18-21-43-22-19-37/h3-5,7-16,26,32H,6,17-25H2,1-2H3,(H,36,40)/t32-/m1/s1. The monoisotopic (exact) mass is 671 g/mol. The van der Waals surface area contributed by atoms with Crippen LogP contribution in [0.3, 0.4) is 0 Å². The molecule has 12 heteroatoms. The molecule has 4 rings (SSSR count). The van der Waals surface area contributed by atoms with Crippen LogP contribution in [-0.4, -0.2) is 87.6 Å². The third-order valence-electron chi connectivity index (χ3n) is 7.40. The van der Waals surface area contributed by atoms with E-state index in [0.29, 0.717) is 63.1 Å². The number of rotatable bonds is 16. The van der Waals surface area contributed by atoms with Crippen molar-refractivity contribution < 1.29 is 32.2 Å². The molecule has 0 aromatic heterocycles. The van der Waals surface area contributed by atoms with Crippen LogP contribution in [0.25, 0.3) is 0 Å². The zero-order valence-electron chi connectivity index (χ0n) is 26.3. The number of morpholine rings is 1. The summed E-state index contributed by atoms with van der Waals surface area (Å²) < 4.78 is 44.1. The molecule has 2 amide bonds. The van der Waals surface area contributed by atoms with E-state index < -0.39 is 22.0 Å². The van der Waals surface area contributed by atoms with Crippen molar-refractivity contribution in [2.75, 3.05) is 46.1 Å². The Kier molecular flexibility index (Phi) is 13.4. The van der Waals surface area contributed by atoms with Gasteiger partial charge < -0.3 is 24.4 Å². The number of hydrogen-bond donors (Lipinski definition) is 1. The van der Waals surface area contributed by atoms with Gasteiger partial charge in [-0.25, -0.2) is 8.42 Å². The molecule has 1 saturated heterocycles. The number of nitrogens with zero attached hydrogens (tertiary/aromatic N) is 2. The lowest BCUT2D eigenvalue weighted by molar-refractivity contribution is -0.142. The summed E-state index contributed by atoms with van der Waals surface area (Å²) in [5.74, 6) is -0.359. The Bertz CT molecular complexity index is 1500. The molecule has 1 aliphatic heterocycles. The van der Waals surface area contributed by atoms with Gasteiger partial charge in [-0.3, -0.25) is 9.59 Å². The molecule has 1 fully saturated rings. The van der Waals surface area contributed by atoms with Crippen molar-refractivity contribution in [3.63, 3.8) is 0 Å². The van der Waals surface area contributed by atoms with Gasteiger partial charge in [-0.05, 0) is 67.8 Å². The van der Waals surface area contributed by atoms with Gasteiger partial charge in [-0.2, -0.15) is 4.31 Å². The Labute approximate surface area is 276 Å². The van der Waals surface area contributed by atoms with Gasteiger partial charge in [0.15, 0.2) is 6.61 Å². The van der Waals surface area contributed by atoms with Crippen molar-refractivity contribution in [3.05, 3.63) is 95.0 Å². The number of nitrogens with one attached hydrogen (secondary N) is 1. The summed E-state index contributed by atoms with van der Waals surface area (Å²) in [5, 5.41) is 3.55. The van der Waals surface area contributed by atoms with Crippen molar-refractivity contribution in [1.82, 2.24) is 14.5 Å². The highest BCUT2D eigenvalue weighted by atomic mass is 35.5. The first-order valence-electron chi connectivity index (χ1n) is 15.4. The predicted molar refractivity (Wildman–Crippen MR) is 176 cm³/mol. The van der Waals surface area contributed by atoms with Gasteiger partial charge in [0.05, 0.1) is 24.2 Å². The van der Waals surface area contributed by atoms with Gasteiger partial charge >= 0.3 is 0 Å². The molecule has 1 heterocycles. The fourth-order valence-electron chi connectivity index (χ4n) is 4.93. The molecule has 10 nitrogen and oxygen atoms in total. The number of amides is 2. The molecule has 3 aromatic carbocycles. The van der Waals surface area contributed by atoms with E-state index in [1.165, 1.54) is 33.5 Å². The van der Waals surface area contributed by atoms with Crippen LogP contribution in [0.15, 0.2) is 83.8 Å². The summed E-state index contributed by atoms with van der Waals surface area (Å²) >= 11 is 6.11. The highest BCUT2D eigenvalue weighted by Crippen LogP contribution is 2.22. The Hall–Kier alpha value is -3.48. The molecule has 0 spiro atoms. The first-order chi connectivity index (χ1) is 22.1. The summed E-state index contributed by atoms with van der Waals surface area (Å²) in [6.07, 6.45) is 1.02. The second kappa shape index (κ2) is 17.4. The lowest BCUT2D eigenvalue weighted by atomic mass is 10.0. The average Bonchev–Trinajstić information content (AvgIpc) is 3.06. The third kappa shape index (κ3) is 10.5. The Morgan fingerprint density at radius 3 is 2.28 bits per heavy atom. The van der Waals surface area contributed by atoms with E-state index in [2.05, 4.69) is 5.32 Å². The van der Waals surface area contributed by atoms with Crippen molar-refractivity contribution in [1.29, 1.82) is 0 Å². The zero-order chi connectivity index (χ0) is 32.9. The number of sulfonamides is 1.